The number of benzene rings is 1. The van der Waals surface area contributed by atoms with Gasteiger partial charge in [-0.15, -0.1) is 0 Å². The van der Waals surface area contributed by atoms with Crippen molar-refractivity contribution in [3.63, 3.8) is 0 Å². The fourth-order valence-corrected chi connectivity index (χ4v) is 2.35. The van der Waals surface area contributed by atoms with E-state index in [1.165, 1.54) is 0 Å². The third kappa shape index (κ3) is 5.02. The highest BCUT2D eigenvalue weighted by molar-refractivity contribution is 7.85. The number of ether oxygens (including phenoxy) is 3. The molecule has 0 aliphatic heterocycles. The zero-order valence-electron chi connectivity index (χ0n) is 14.1. The Morgan fingerprint density at radius 1 is 1.09 bits per heavy atom. The lowest BCUT2D eigenvalue weighted by molar-refractivity contribution is 0.324. The van der Waals surface area contributed by atoms with E-state index in [9.17, 15) is 4.21 Å². The first-order chi connectivity index (χ1) is 10.3. The smallest absolute Gasteiger partial charge is 0.203 e. The van der Waals surface area contributed by atoms with Crippen LogP contribution in [0.3, 0.4) is 0 Å². The van der Waals surface area contributed by atoms with Crippen LogP contribution in [-0.4, -0.2) is 36.5 Å². The molecule has 0 heterocycles. The van der Waals surface area contributed by atoms with E-state index < -0.39 is 11.0 Å². The molecule has 6 heteroatoms. The van der Waals surface area contributed by atoms with Gasteiger partial charge in [0.2, 0.25) is 5.75 Å². The maximum absolute atomic E-state index is 11.8. The summed E-state index contributed by atoms with van der Waals surface area (Å²) in [5.74, 6) is 1.84. The summed E-state index contributed by atoms with van der Waals surface area (Å²) in [4.78, 5) is 0. The van der Waals surface area contributed by atoms with Gasteiger partial charge in [-0.1, -0.05) is 0 Å². The van der Waals surface area contributed by atoms with Gasteiger partial charge in [0, 0.05) is 6.21 Å². The Kier molecular flexibility index (Phi) is 6.87. The quantitative estimate of drug-likeness (QED) is 0.722. The van der Waals surface area contributed by atoms with E-state index in [0.29, 0.717) is 23.7 Å². The molecule has 0 saturated carbocycles. The molecule has 0 N–H and O–H groups in total. The van der Waals surface area contributed by atoms with Gasteiger partial charge in [0.05, 0.1) is 26.1 Å². The van der Waals surface area contributed by atoms with E-state index in [0.717, 1.165) is 12.0 Å². The average molecular weight is 327 g/mol. The second-order valence-corrected chi connectivity index (χ2v) is 7.66. The number of rotatable bonds is 7. The largest absolute Gasteiger partial charge is 0.493 e. The van der Waals surface area contributed by atoms with Crippen LogP contribution in [0.2, 0.25) is 0 Å². The van der Waals surface area contributed by atoms with Crippen molar-refractivity contribution in [3.8, 4) is 17.2 Å². The molecule has 0 saturated heterocycles. The van der Waals surface area contributed by atoms with Gasteiger partial charge in [-0.3, -0.25) is 0 Å². The maximum atomic E-state index is 11.8. The van der Waals surface area contributed by atoms with Crippen LogP contribution < -0.4 is 14.2 Å². The van der Waals surface area contributed by atoms with Gasteiger partial charge in [0.25, 0.3) is 0 Å². The minimum Gasteiger partial charge on any atom is -0.493 e. The van der Waals surface area contributed by atoms with Gasteiger partial charge in [0.1, 0.15) is 11.0 Å². The third-order valence-corrected chi connectivity index (χ3v) is 4.37. The first-order valence-corrected chi connectivity index (χ1v) is 8.17. The summed E-state index contributed by atoms with van der Waals surface area (Å²) in [6.45, 7) is 5.71. The second kappa shape index (κ2) is 8.17. The van der Waals surface area contributed by atoms with Crippen LogP contribution in [0.5, 0.6) is 17.2 Å². The van der Waals surface area contributed by atoms with E-state index in [4.69, 9.17) is 14.2 Å². The molecule has 22 heavy (non-hydrogen) atoms. The molecule has 0 radical (unpaired) electrons. The van der Waals surface area contributed by atoms with Crippen LogP contribution in [0.15, 0.2) is 16.5 Å². The van der Waals surface area contributed by atoms with Gasteiger partial charge in [-0.25, -0.2) is 4.21 Å². The molecule has 0 bridgehead atoms. The number of nitrogens with zero attached hydrogens (tertiary/aromatic N) is 1. The lowest BCUT2D eigenvalue weighted by Gasteiger charge is -2.14. The molecule has 0 aliphatic carbocycles. The van der Waals surface area contributed by atoms with Crippen molar-refractivity contribution in [2.75, 3.05) is 21.3 Å². The van der Waals surface area contributed by atoms with Crippen molar-refractivity contribution in [2.24, 2.45) is 4.40 Å². The standard InChI is InChI=1S/C16H25NO4S/c1-16(2,3)22(18)17-9-7-8-12-10-13(19-4)15(21-6)14(11-12)20-5/h9-11H,7-8H2,1-6H3/b17-9+/t22-/m0/s1. The maximum Gasteiger partial charge on any atom is 0.203 e. The number of hydrogen-bond acceptors (Lipinski definition) is 4. The highest BCUT2D eigenvalue weighted by Crippen LogP contribution is 2.38. The Bertz CT molecular complexity index is 525. The summed E-state index contributed by atoms with van der Waals surface area (Å²) in [5, 5.41) is 0. The summed E-state index contributed by atoms with van der Waals surface area (Å²) in [6.07, 6.45) is 3.16. The fourth-order valence-electron chi connectivity index (χ4n) is 1.79. The normalized spacial score (nSPS) is 13.2. The predicted octanol–water partition coefficient (Wildman–Crippen LogP) is 3.18. The predicted molar refractivity (Wildman–Crippen MR) is 90.8 cm³/mol. The molecular formula is C16H25NO4S. The third-order valence-electron chi connectivity index (χ3n) is 2.98. The minimum atomic E-state index is -1.21. The molecule has 0 aromatic heterocycles. The van der Waals surface area contributed by atoms with Crippen molar-refractivity contribution < 1.29 is 18.4 Å². The SMILES string of the molecule is COc1cc(CC/C=N/[S@@](=O)C(C)(C)C)cc(OC)c1OC. The van der Waals surface area contributed by atoms with E-state index in [1.54, 1.807) is 27.5 Å². The molecule has 1 rings (SSSR count). The Morgan fingerprint density at radius 2 is 1.64 bits per heavy atom. The number of methoxy groups -OCH3 is 3. The van der Waals surface area contributed by atoms with Crippen molar-refractivity contribution in [2.45, 2.75) is 38.4 Å². The highest BCUT2D eigenvalue weighted by atomic mass is 32.2. The molecule has 0 unspecified atom stereocenters. The monoisotopic (exact) mass is 327 g/mol. The summed E-state index contributed by atoms with van der Waals surface area (Å²) >= 11 is 0. The Balaban J connectivity index is 2.79. The first kappa shape index (κ1) is 18.5. The topological polar surface area (TPSA) is 57.1 Å². The Labute approximate surface area is 135 Å². The molecule has 0 fully saturated rings. The molecule has 124 valence electrons. The fraction of sp³-hybridized carbons (Fsp3) is 0.562. The number of aryl methyl sites for hydroxylation is 1. The Hall–Kier alpha value is -1.56. The van der Waals surface area contributed by atoms with Gasteiger partial charge >= 0.3 is 0 Å². The lowest BCUT2D eigenvalue weighted by atomic mass is 10.1. The van der Waals surface area contributed by atoms with Crippen LogP contribution >= 0.6 is 0 Å². The van der Waals surface area contributed by atoms with Gasteiger partial charge in [-0.2, -0.15) is 4.40 Å². The average Bonchev–Trinajstić information content (AvgIpc) is 2.49. The van der Waals surface area contributed by atoms with Crippen LogP contribution in [0.25, 0.3) is 0 Å². The molecule has 1 aromatic rings. The zero-order valence-corrected chi connectivity index (χ0v) is 15.0. The van der Waals surface area contributed by atoms with Crippen LogP contribution in [0.1, 0.15) is 32.8 Å². The second-order valence-electron chi connectivity index (χ2n) is 5.72. The van der Waals surface area contributed by atoms with Crippen LogP contribution in [-0.2, 0) is 17.4 Å². The van der Waals surface area contributed by atoms with Crippen molar-refractivity contribution in [1.82, 2.24) is 0 Å². The van der Waals surface area contributed by atoms with E-state index in [2.05, 4.69) is 4.40 Å². The summed E-state index contributed by atoms with van der Waals surface area (Å²) in [7, 11) is 3.55. The summed E-state index contributed by atoms with van der Waals surface area (Å²) in [6, 6.07) is 3.83. The van der Waals surface area contributed by atoms with Gasteiger partial charge in [-0.05, 0) is 51.3 Å². The van der Waals surface area contributed by atoms with Crippen molar-refractivity contribution >= 4 is 17.2 Å². The van der Waals surface area contributed by atoms with E-state index >= 15 is 0 Å². The number of hydrogen-bond donors (Lipinski definition) is 0. The molecule has 1 aromatic carbocycles. The van der Waals surface area contributed by atoms with Crippen LogP contribution in [0.4, 0.5) is 0 Å². The molecule has 0 amide bonds. The first-order valence-electron chi connectivity index (χ1n) is 7.07. The highest BCUT2D eigenvalue weighted by Gasteiger charge is 2.18. The molecule has 1 atom stereocenters. The summed E-state index contributed by atoms with van der Waals surface area (Å²) in [5.41, 5.74) is 1.04. The lowest BCUT2D eigenvalue weighted by Crippen LogP contribution is -2.19. The van der Waals surface area contributed by atoms with Crippen LogP contribution in [0, 0.1) is 0 Å². The molecule has 0 spiro atoms. The van der Waals surface area contributed by atoms with Crippen molar-refractivity contribution in [1.29, 1.82) is 0 Å². The summed E-state index contributed by atoms with van der Waals surface area (Å²) < 4.78 is 31.5. The molecule has 0 aliphatic rings. The minimum absolute atomic E-state index is 0.330. The molecule has 5 nitrogen and oxygen atoms in total. The van der Waals surface area contributed by atoms with Gasteiger partial charge in [0.15, 0.2) is 11.5 Å². The van der Waals surface area contributed by atoms with E-state index in [1.807, 2.05) is 32.9 Å². The van der Waals surface area contributed by atoms with E-state index in [-0.39, 0.29) is 4.75 Å². The van der Waals surface area contributed by atoms with Crippen molar-refractivity contribution in [3.05, 3.63) is 17.7 Å². The Morgan fingerprint density at radius 3 is 2.05 bits per heavy atom. The molecular weight excluding hydrogens is 302 g/mol. The van der Waals surface area contributed by atoms with Gasteiger partial charge < -0.3 is 14.2 Å². The zero-order chi connectivity index (χ0) is 16.8.